The number of rotatable bonds is 2. The molecule has 96 valence electrons. The zero-order chi connectivity index (χ0) is 13.4. The Morgan fingerprint density at radius 2 is 1.42 bits per heavy atom. The lowest BCUT2D eigenvalue weighted by Gasteiger charge is -2.08. The van der Waals surface area contributed by atoms with Crippen molar-refractivity contribution in [3.8, 4) is 0 Å². The second-order valence-corrected chi connectivity index (χ2v) is 4.32. The molecule has 0 fully saturated rings. The second-order valence-electron chi connectivity index (χ2n) is 4.32. The van der Waals surface area contributed by atoms with Crippen molar-refractivity contribution >= 4 is 10.9 Å². The van der Waals surface area contributed by atoms with Crippen LogP contribution in [0.2, 0.25) is 0 Å². The number of hydrogen-bond donors (Lipinski definition) is 0. The fourth-order valence-electron chi connectivity index (χ4n) is 2.18. The third-order valence-corrected chi connectivity index (χ3v) is 3.15. The zero-order valence-electron chi connectivity index (χ0n) is 9.91. The Kier molecular flexibility index (Phi) is 2.78. The molecule has 3 rings (SSSR count). The number of hydrogen-bond acceptors (Lipinski definition) is 0. The summed E-state index contributed by atoms with van der Waals surface area (Å²) < 4.78 is 42.3. The quantitative estimate of drug-likeness (QED) is 0.654. The van der Waals surface area contributed by atoms with Gasteiger partial charge in [-0.05, 0) is 30.3 Å². The summed E-state index contributed by atoms with van der Waals surface area (Å²) >= 11 is 0. The van der Waals surface area contributed by atoms with E-state index in [2.05, 4.69) is 0 Å². The van der Waals surface area contributed by atoms with Crippen molar-refractivity contribution in [3.05, 3.63) is 71.7 Å². The van der Waals surface area contributed by atoms with E-state index >= 15 is 0 Å². The lowest BCUT2D eigenvalue weighted by Crippen LogP contribution is -2.03. The minimum absolute atomic E-state index is 0.0238. The molecule has 19 heavy (non-hydrogen) atoms. The number of nitrogens with zero attached hydrogens (tertiary/aromatic N) is 1. The smallest absolute Gasteiger partial charge is 0.132 e. The van der Waals surface area contributed by atoms with Gasteiger partial charge in [0.1, 0.15) is 17.5 Å². The zero-order valence-corrected chi connectivity index (χ0v) is 9.91. The third kappa shape index (κ3) is 1.99. The second kappa shape index (κ2) is 4.46. The van der Waals surface area contributed by atoms with E-state index in [0.717, 1.165) is 0 Å². The van der Waals surface area contributed by atoms with Gasteiger partial charge in [-0.25, -0.2) is 13.2 Å². The van der Waals surface area contributed by atoms with Gasteiger partial charge in [0, 0.05) is 17.1 Å². The van der Waals surface area contributed by atoms with Crippen molar-refractivity contribution in [3.63, 3.8) is 0 Å². The molecule has 0 spiro atoms. The van der Waals surface area contributed by atoms with E-state index < -0.39 is 11.6 Å². The summed E-state index contributed by atoms with van der Waals surface area (Å²) in [5.41, 5.74) is 0.590. The minimum Gasteiger partial charge on any atom is -0.343 e. The Labute approximate surface area is 107 Å². The van der Waals surface area contributed by atoms with Gasteiger partial charge in [0.2, 0.25) is 0 Å². The monoisotopic (exact) mass is 261 g/mol. The van der Waals surface area contributed by atoms with Crippen LogP contribution in [0.1, 0.15) is 5.56 Å². The van der Waals surface area contributed by atoms with Gasteiger partial charge >= 0.3 is 0 Å². The van der Waals surface area contributed by atoms with Gasteiger partial charge in [-0.3, -0.25) is 0 Å². The first-order chi connectivity index (χ1) is 9.16. The van der Waals surface area contributed by atoms with Crippen molar-refractivity contribution in [2.24, 2.45) is 0 Å². The first-order valence-corrected chi connectivity index (χ1v) is 5.83. The Bertz CT molecular complexity index is 726. The van der Waals surface area contributed by atoms with Crippen LogP contribution in [0.15, 0.2) is 48.7 Å². The molecule has 0 aliphatic rings. The Hall–Kier alpha value is -2.23. The fourth-order valence-corrected chi connectivity index (χ4v) is 2.18. The van der Waals surface area contributed by atoms with Gasteiger partial charge in [0.05, 0.1) is 12.1 Å². The van der Waals surface area contributed by atoms with E-state index in [4.69, 9.17) is 0 Å². The van der Waals surface area contributed by atoms with Crippen LogP contribution in [-0.4, -0.2) is 4.57 Å². The van der Waals surface area contributed by atoms with Crippen LogP contribution in [0, 0.1) is 17.5 Å². The molecular formula is C15H10F3N. The molecule has 0 atom stereocenters. The number of benzene rings is 2. The highest BCUT2D eigenvalue weighted by molar-refractivity contribution is 5.80. The van der Waals surface area contributed by atoms with Gasteiger partial charge in [-0.1, -0.05) is 12.1 Å². The van der Waals surface area contributed by atoms with Crippen LogP contribution in [-0.2, 0) is 6.54 Å². The number of halogens is 3. The highest BCUT2D eigenvalue weighted by Gasteiger charge is 2.11. The first-order valence-electron chi connectivity index (χ1n) is 5.83. The van der Waals surface area contributed by atoms with Crippen LogP contribution in [0.5, 0.6) is 0 Å². The summed E-state index contributed by atoms with van der Waals surface area (Å²) in [5, 5.41) is 0.444. The molecular weight excluding hydrogens is 251 g/mol. The van der Waals surface area contributed by atoms with Crippen molar-refractivity contribution < 1.29 is 13.2 Å². The Morgan fingerprint density at radius 3 is 2.16 bits per heavy atom. The predicted octanol–water partition coefficient (Wildman–Crippen LogP) is 4.11. The summed E-state index contributed by atoms with van der Waals surface area (Å²) in [7, 11) is 0. The van der Waals surface area contributed by atoms with Crippen LogP contribution in [0.25, 0.3) is 10.9 Å². The summed E-state index contributed by atoms with van der Waals surface area (Å²) in [6.07, 6.45) is 1.62. The van der Waals surface area contributed by atoms with E-state index in [1.54, 1.807) is 29.0 Å². The summed E-state index contributed by atoms with van der Waals surface area (Å²) in [6, 6.07) is 10.00. The minimum atomic E-state index is -0.599. The van der Waals surface area contributed by atoms with E-state index in [9.17, 15) is 13.2 Å². The summed E-state index contributed by atoms with van der Waals surface area (Å²) in [6.45, 7) is 0.0332. The van der Waals surface area contributed by atoms with Crippen molar-refractivity contribution in [2.45, 2.75) is 6.54 Å². The van der Waals surface area contributed by atoms with Gasteiger partial charge < -0.3 is 4.57 Å². The number of fused-ring (bicyclic) bond motifs is 1. The maximum absolute atomic E-state index is 13.6. The molecule has 2 aromatic carbocycles. The van der Waals surface area contributed by atoms with Crippen LogP contribution < -0.4 is 0 Å². The van der Waals surface area contributed by atoms with Crippen LogP contribution >= 0.6 is 0 Å². The third-order valence-electron chi connectivity index (χ3n) is 3.15. The van der Waals surface area contributed by atoms with E-state index in [1.807, 2.05) is 0 Å². The van der Waals surface area contributed by atoms with Gasteiger partial charge in [-0.15, -0.1) is 0 Å². The highest BCUT2D eigenvalue weighted by Crippen LogP contribution is 2.21. The Balaban J connectivity index is 2.09. The van der Waals surface area contributed by atoms with Gasteiger partial charge in [0.15, 0.2) is 0 Å². The molecule has 0 aliphatic carbocycles. The molecule has 0 radical (unpaired) electrons. The normalized spacial score (nSPS) is 11.1. The van der Waals surface area contributed by atoms with E-state index in [1.165, 1.54) is 24.3 Å². The highest BCUT2D eigenvalue weighted by atomic mass is 19.1. The summed E-state index contributed by atoms with van der Waals surface area (Å²) in [5.74, 6) is -1.54. The maximum Gasteiger partial charge on any atom is 0.132 e. The molecule has 0 bridgehead atoms. The van der Waals surface area contributed by atoms with Crippen molar-refractivity contribution in [2.75, 3.05) is 0 Å². The SMILES string of the molecule is Fc1cccc(F)c1Cn1ccc2c(F)cccc21. The average Bonchev–Trinajstić information content (AvgIpc) is 2.79. The van der Waals surface area contributed by atoms with Crippen LogP contribution in [0.3, 0.4) is 0 Å². The molecule has 4 heteroatoms. The van der Waals surface area contributed by atoms with E-state index in [-0.39, 0.29) is 17.9 Å². The predicted molar refractivity (Wildman–Crippen MR) is 67.4 cm³/mol. The molecule has 1 heterocycles. The molecule has 1 aromatic heterocycles. The molecule has 0 unspecified atom stereocenters. The molecule has 0 saturated heterocycles. The lowest BCUT2D eigenvalue weighted by atomic mass is 10.2. The fraction of sp³-hybridized carbons (Fsp3) is 0.0667. The van der Waals surface area contributed by atoms with Crippen molar-refractivity contribution in [1.82, 2.24) is 4.57 Å². The van der Waals surface area contributed by atoms with Crippen molar-refractivity contribution in [1.29, 1.82) is 0 Å². The average molecular weight is 261 g/mol. The molecule has 0 saturated carbocycles. The van der Waals surface area contributed by atoms with Crippen LogP contribution in [0.4, 0.5) is 13.2 Å². The number of aromatic nitrogens is 1. The summed E-state index contributed by atoms with van der Waals surface area (Å²) in [4.78, 5) is 0. The standard InChI is InChI=1S/C15H10F3N/c16-12-5-2-6-15-10(12)7-8-19(15)9-11-13(17)3-1-4-14(11)18/h1-8H,9H2. The molecule has 0 N–H and O–H groups in total. The van der Waals surface area contributed by atoms with Gasteiger partial charge in [-0.2, -0.15) is 0 Å². The molecule has 3 aromatic rings. The molecule has 1 nitrogen and oxygen atoms in total. The topological polar surface area (TPSA) is 4.93 Å². The van der Waals surface area contributed by atoms with Gasteiger partial charge in [0.25, 0.3) is 0 Å². The van der Waals surface area contributed by atoms with E-state index in [0.29, 0.717) is 10.9 Å². The maximum atomic E-state index is 13.6. The molecule has 0 aliphatic heterocycles. The largest absolute Gasteiger partial charge is 0.343 e. The first kappa shape index (κ1) is 11.8. The lowest BCUT2D eigenvalue weighted by molar-refractivity contribution is 0.547. The Morgan fingerprint density at radius 1 is 0.789 bits per heavy atom. The molecule has 0 amide bonds.